The van der Waals surface area contributed by atoms with Crippen molar-refractivity contribution in [1.82, 2.24) is 19.5 Å². The van der Waals surface area contributed by atoms with Crippen molar-refractivity contribution in [2.45, 2.75) is 50.9 Å². The number of fused-ring (bicyclic) bond motifs is 1. The van der Waals surface area contributed by atoms with Crippen LogP contribution in [-0.2, 0) is 9.47 Å². The lowest BCUT2D eigenvalue weighted by molar-refractivity contribution is -0.0826. The van der Waals surface area contributed by atoms with Gasteiger partial charge in [-0.25, -0.2) is 9.97 Å². The molecule has 3 heterocycles. The van der Waals surface area contributed by atoms with E-state index in [1.807, 2.05) is 13.8 Å². The molecule has 0 spiro atoms. The number of aromatic nitrogens is 4. The van der Waals surface area contributed by atoms with Crippen LogP contribution in [0.25, 0.3) is 11.2 Å². The molecular weight excluding hydrogens is 328 g/mol. The second kappa shape index (κ2) is 6.24. The van der Waals surface area contributed by atoms with Gasteiger partial charge >= 0.3 is 0 Å². The van der Waals surface area contributed by atoms with Gasteiger partial charge in [0.2, 0.25) is 0 Å². The van der Waals surface area contributed by atoms with Crippen molar-refractivity contribution in [1.29, 1.82) is 0 Å². The van der Waals surface area contributed by atoms with Crippen molar-refractivity contribution >= 4 is 11.2 Å². The summed E-state index contributed by atoms with van der Waals surface area (Å²) in [5, 5.41) is 21.3. The van der Waals surface area contributed by atoms with Crippen LogP contribution in [0.4, 0.5) is 0 Å². The number of hydrogen-bond acceptors (Lipinski definition) is 7. The van der Waals surface area contributed by atoms with E-state index in [1.165, 1.54) is 10.9 Å². The minimum Gasteiger partial charge on any atom is -0.386 e. The molecule has 3 rings (SSSR count). The summed E-state index contributed by atoms with van der Waals surface area (Å²) in [4.78, 5) is 22.8. The topological polar surface area (TPSA) is 122 Å². The molecule has 2 aromatic heterocycles. The Hall–Kier alpha value is -2.25. The highest BCUT2D eigenvalue weighted by Crippen LogP contribution is 2.39. The van der Waals surface area contributed by atoms with Crippen LogP contribution in [0, 0.1) is 19.3 Å². The number of H-pyrrole nitrogens is 1. The summed E-state index contributed by atoms with van der Waals surface area (Å²) in [6.07, 6.45) is 3.33. The Morgan fingerprint density at radius 3 is 2.96 bits per heavy atom. The maximum absolute atomic E-state index is 12.0. The number of aryl methyl sites for hydroxylation is 1. The van der Waals surface area contributed by atoms with Crippen molar-refractivity contribution < 1.29 is 19.7 Å². The molecule has 4 atom stereocenters. The number of terminal acetylenes is 1. The van der Waals surface area contributed by atoms with E-state index in [0.29, 0.717) is 5.82 Å². The van der Waals surface area contributed by atoms with Crippen molar-refractivity contribution in [3.63, 3.8) is 0 Å². The quantitative estimate of drug-likeness (QED) is 0.635. The fraction of sp³-hybridized carbons (Fsp3) is 0.562. The van der Waals surface area contributed by atoms with Crippen molar-refractivity contribution in [2.75, 3.05) is 6.61 Å². The molecule has 0 radical (unpaired) electrons. The normalized spacial score (nSPS) is 29.4. The zero-order valence-corrected chi connectivity index (χ0v) is 14.1. The van der Waals surface area contributed by atoms with Gasteiger partial charge in [-0.15, -0.1) is 6.42 Å². The van der Waals surface area contributed by atoms with E-state index in [0.717, 1.165) is 0 Å². The Morgan fingerprint density at radius 2 is 2.32 bits per heavy atom. The molecule has 1 aliphatic rings. The molecule has 0 aliphatic carbocycles. The number of aliphatic hydroxyl groups is 2. The van der Waals surface area contributed by atoms with Gasteiger partial charge < -0.3 is 24.7 Å². The van der Waals surface area contributed by atoms with Crippen LogP contribution in [0.2, 0.25) is 0 Å². The average Bonchev–Trinajstić information content (AvgIpc) is 3.06. The molecular formula is C16H20N4O5. The first kappa shape index (κ1) is 17.6. The zero-order chi connectivity index (χ0) is 18.4. The number of aliphatic hydroxyl groups excluding tert-OH is 1. The summed E-state index contributed by atoms with van der Waals surface area (Å²) in [7, 11) is 0. The third kappa shape index (κ3) is 2.83. The molecule has 3 N–H and O–H groups in total. The van der Waals surface area contributed by atoms with Gasteiger partial charge in [0, 0.05) is 0 Å². The molecule has 9 nitrogen and oxygen atoms in total. The number of aromatic amines is 1. The molecule has 134 valence electrons. The Bertz CT molecular complexity index is 883. The van der Waals surface area contributed by atoms with Crippen LogP contribution in [0.15, 0.2) is 11.1 Å². The summed E-state index contributed by atoms with van der Waals surface area (Å²) in [5.41, 5.74) is -2.14. The number of nitrogens with one attached hydrogen (secondary N) is 1. The van der Waals surface area contributed by atoms with E-state index < -0.39 is 29.6 Å². The Kier molecular flexibility index (Phi) is 4.38. The average molecular weight is 348 g/mol. The summed E-state index contributed by atoms with van der Waals surface area (Å²) in [6, 6.07) is 0. The summed E-state index contributed by atoms with van der Waals surface area (Å²) >= 11 is 0. The first-order valence-electron chi connectivity index (χ1n) is 7.86. The molecule has 0 unspecified atom stereocenters. The lowest BCUT2D eigenvalue weighted by atomic mass is 9.95. The smallest absolute Gasteiger partial charge is 0.279 e. The molecule has 0 saturated carbocycles. The van der Waals surface area contributed by atoms with Gasteiger partial charge in [0.15, 0.2) is 23.0 Å². The number of imidazole rings is 1. The van der Waals surface area contributed by atoms with E-state index in [-0.39, 0.29) is 23.9 Å². The minimum absolute atomic E-state index is 0.0546. The Balaban J connectivity index is 2.04. The molecule has 0 aromatic carbocycles. The van der Waals surface area contributed by atoms with Crippen LogP contribution in [0.1, 0.15) is 25.9 Å². The molecule has 1 aliphatic heterocycles. The van der Waals surface area contributed by atoms with Crippen LogP contribution in [0.3, 0.4) is 0 Å². The summed E-state index contributed by atoms with van der Waals surface area (Å²) in [5.74, 6) is 2.58. The van der Waals surface area contributed by atoms with Gasteiger partial charge in [0.05, 0.1) is 19.0 Å². The number of rotatable bonds is 4. The highest BCUT2D eigenvalue weighted by atomic mass is 16.6. The molecule has 0 bridgehead atoms. The standard InChI is InChI=1S/C16H20N4O5/c1-5-16(23)12(21)10(6-24-8(2)3)25-15(16)20-7-17-11-13(20)18-9(4)19-14(11)22/h1,7-8,10,12,15,21,23H,6H2,2-4H3,(H,18,19,22)/t10-,12-,15-,16-/m1/s1. The van der Waals surface area contributed by atoms with Gasteiger partial charge in [0.1, 0.15) is 18.0 Å². The van der Waals surface area contributed by atoms with E-state index in [2.05, 4.69) is 20.9 Å². The minimum atomic E-state index is -2.02. The monoisotopic (exact) mass is 348 g/mol. The highest BCUT2D eigenvalue weighted by Gasteiger charge is 2.56. The summed E-state index contributed by atoms with van der Waals surface area (Å²) < 4.78 is 12.6. The van der Waals surface area contributed by atoms with Gasteiger partial charge in [-0.1, -0.05) is 5.92 Å². The molecule has 1 saturated heterocycles. The first-order chi connectivity index (χ1) is 11.8. The largest absolute Gasteiger partial charge is 0.386 e. The summed E-state index contributed by atoms with van der Waals surface area (Å²) in [6.45, 7) is 5.36. The number of hydrogen-bond donors (Lipinski definition) is 3. The van der Waals surface area contributed by atoms with E-state index >= 15 is 0 Å². The lowest BCUT2D eigenvalue weighted by Crippen LogP contribution is -2.46. The van der Waals surface area contributed by atoms with Gasteiger partial charge in [-0.3, -0.25) is 9.36 Å². The second-order valence-electron chi connectivity index (χ2n) is 6.30. The maximum atomic E-state index is 12.0. The molecule has 2 aromatic rings. The fourth-order valence-corrected chi connectivity index (χ4v) is 2.83. The van der Waals surface area contributed by atoms with Crippen LogP contribution in [0.5, 0.6) is 0 Å². The molecule has 25 heavy (non-hydrogen) atoms. The second-order valence-corrected chi connectivity index (χ2v) is 6.30. The number of ether oxygens (including phenoxy) is 2. The predicted octanol–water partition coefficient (Wildman–Crippen LogP) is -0.524. The van der Waals surface area contributed by atoms with E-state index in [1.54, 1.807) is 6.92 Å². The van der Waals surface area contributed by atoms with Crippen LogP contribution in [-0.4, -0.2) is 60.3 Å². The number of nitrogens with zero attached hydrogens (tertiary/aromatic N) is 3. The van der Waals surface area contributed by atoms with Crippen LogP contribution < -0.4 is 5.56 Å². The Labute approximate surface area is 143 Å². The van der Waals surface area contributed by atoms with E-state index in [4.69, 9.17) is 15.9 Å². The van der Waals surface area contributed by atoms with Gasteiger partial charge in [0.25, 0.3) is 5.56 Å². The van der Waals surface area contributed by atoms with E-state index in [9.17, 15) is 15.0 Å². The zero-order valence-electron chi connectivity index (χ0n) is 14.1. The van der Waals surface area contributed by atoms with Crippen molar-refractivity contribution in [2.24, 2.45) is 0 Å². The molecule has 1 fully saturated rings. The Morgan fingerprint density at radius 1 is 1.60 bits per heavy atom. The van der Waals surface area contributed by atoms with Crippen LogP contribution >= 0.6 is 0 Å². The van der Waals surface area contributed by atoms with Gasteiger partial charge in [-0.05, 0) is 20.8 Å². The third-order valence-electron chi connectivity index (χ3n) is 4.11. The maximum Gasteiger partial charge on any atom is 0.279 e. The van der Waals surface area contributed by atoms with Crippen molar-refractivity contribution in [3.8, 4) is 12.3 Å². The predicted molar refractivity (Wildman–Crippen MR) is 87.7 cm³/mol. The van der Waals surface area contributed by atoms with Gasteiger partial charge in [-0.2, -0.15) is 0 Å². The lowest BCUT2D eigenvalue weighted by Gasteiger charge is -2.26. The third-order valence-corrected chi connectivity index (χ3v) is 4.11. The van der Waals surface area contributed by atoms with Crippen molar-refractivity contribution in [3.05, 3.63) is 22.5 Å². The molecule has 9 heteroatoms. The molecule has 0 amide bonds. The fourth-order valence-electron chi connectivity index (χ4n) is 2.83. The first-order valence-corrected chi connectivity index (χ1v) is 7.86. The SMILES string of the molecule is C#C[C@@]1(O)[C@H](O)[C@@H](COC(C)C)O[C@H]1n1cnc2c(=O)[nH]c(C)nc21. The highest BCUT2D eigenvalue weighted by molar-refractivity contribution is 5.69.